The summed E-state index contributed by atoms with van der Waals surface area (Å²) in [4.78, 5) is 0. The quantitative estimate of drug-likeness (QED) is 0.161. The molecule has 4 heteroatoms. The highest BCUT2D eigenvalue weighted by molar-refractivity contribution is 6.14. The van der Waals surface area contributed by atoms with E-state index < -0.39 is 0 Å². The molecule has 0 radical (unpaired) electrons. The van der Waals surface area contributed by atoms with Crippen molar-refractivity contribution >= 4 is 43.6 Å². The molecule has 4 nitrogen and oxygen atoms in total. The topological polar surface area (TPSA) is 57.4 Å². The molecule has 66 heavy (non-hydrogen) atoms. The van der Waals surface area contributed by atoms with E-state index in [0.717, 1.165) is 111 Å². The zero-order valence-corrected chi connectivity index (χ0v) is 35.7. The van der Waals surface area contributed by atoms with Crippen LogP contribution in [0.1, 0.15) is 11.1 Å². The summed E-state index contributed by atoms with van der Waals surface area (Å²) in [6.07, 6.45) is 0. The van der Waals surface area contributed by atoms with Crippen LogP contribution in [-0.4, -0.2) is 9.13 Å². The third-order valence-electron chi connectivity index (χ3n) is 13.0. The van der Waals surface area contributed by atoms with Gasteiger partial charge in [-0.1, -0.05) is 146 Å². The summed E-state index contributed by atoms with van der Waals surface area (Å²) in [5, 5.41) is 25.5. The van der Waals surface area contributed by atoms with E-state index in [4.69, 9.17) is 0 Å². The summed E-state index contributed by atoms with van der Waals surface area (Å²) in [5.74, 6) is 0. The molecule has 0 atom stereocenters. The highest BCUT2D eigenvalue weighted by atomic mass is 15.0. The molecule has 0 aliphatic carbocycles. The van der Waals surface area contributed by atoms with Crippen molar-refractivity contribution in [3.63, 3.8) is 0 Å². The van der Waals surface area contributed by atoms with Crippen LogP contribution < -0.4 is 0 Å². The maximum Gasteiger partial charge on any atom is 0.0991 e. The normalized spacial score (nSPS) is 11.3. The molecule has 0 N–H and O–H groups in total. The lowest BCUT2D eigenvalue weighted by atomic mass is 9.96. The molecule has 12 aromatic rings. The van der Waals surface area contributed by atoms with Crippen LogP contribution in [0.5, 0.6) is 0 Å². The van der Waals surface area contributed by atoms with E-state index >= 15 is 0 Å². The van der Waals surface area contributed by atoms with Crippen molar-refractivity contribution < 1.29 is 0 Å². The largest absolute Gasteiger partial charge is 0.309 e. The van der Waals surface area contributed by atoms with Crippen molar-refractivity contribution in [1.82, 2.24) is 9.13 Å². The first-order chi connectivity index (χ1) is 32.6. The lowest BCUT2D eigenvalue weighted by Gasteiger charge is -2.19. The fourth-order valence-corrected chi connectivity index (χ4v) is 9.84. The van der Waals surface area contributed by atoms with E-state index in [9.17, 15) is 10.5 Å². The van der Waals surface area contributed by atoms with Gasteiger partial charge in [-0.15, -0.1) is 0 Å². The van der Waals surface area contributed by atoms with Crippen LogP contribution >= 0.6 is 0 Å². The summed E-state index contributed by atoms with van der Waals surface area (Å²) in [6.45, 7) is 0. The second-order valence-corrected chi connectivity index (χ2v) is 16.8. The van der Waals surface area contributed by atoms with Gasteiger partial charge in [0, 0.05) is 32.7 Å². The number of nitrogens with zero attached hydrogens (tertiary/aromatic N) is 4. The van der Waals surface area contributed by atoms with Gasteiger partial charge >= 0.3 is 0 Å². The molecule has 12 rings (SSSR count). The Kier molecular flexibility index (Phi) is 9.23. The zero-order chi connectivity index (χ0) is 44.1. The Balaban J connectivity index is 1.14. The van der Waals surface area contributed by atoms with Gasteiger partial charge in [-0.25, -0.2) is 0 Å². The fraction of sp³-hybridized carbons (Fsp3) is 0. The van der Waals surface area contributed by atoms with Crippen LogP contribution in [0.25, 0.3) is 111 Å². The Labute approximate surface area is 382 Å². The van der Waals surface area contributed by atoms with Gasteiger partial charge in [0.1, 0.15) is 0 Å². The number of benzene rings is 10. The van der Waals surface area contributed by atoms with Crippen molar-refractivity contribution in [2.45, 2.75) is 0 Å². The molecule has 0 saturated heterocycles. The Morgan fingerprint density at radius 2 is 0.530 bits per heavy atom. The lowest BCUT2D eigenvalue weighted by molar-refractivity contribution is 1.16. The Morgan fingerprint density at radius 1 is 0.258 bits per heavy atom. The molecule has 0 aliphatic rings. The van der Waals surface area contributed by atoms with Gasteiger partial charge in [-0.05, 0) is 129 Å². The minimum absolute atomic E-state index is 0.530. The molecule has 0 spiro atoms. The van der Waals surface area contributed by atoms with Crippen molar-refractivity contribution in [1.29, 1.82) is 10.5 Å². The zero-order valence-electron chi connectivity index (χ0n) is 35.7. The van der Waals surface area contributed by atoms with E-state index in [0.29, 0.717) is 11.1 Å². The van der Waals surface area contributed by atoms with Gasteiger partial charge in [-0.3, -0.25) is 0 Å². The molecule has 10 aromatic carbocycles. The first kappa shape index (κ1) is 38.5. The van der Waals surface area contributed by atoms with Gasteiger partial charge in [0.05, 0.1) is 56.7 Å². The number of nitriles is 2. The summed E-state index contributed by atoms with van der Waals surface area (Å²) in [5.41, 5.74) is 17.8. The van der Waals surface area contributed by atoms with E-state index in [2.05, 4.69) is 203 Å². The average Bonchev–Trinajstić information content (AvgIpc) is 3.90. The maximum atomic E-state index is 10.5. The van der Waals surface area contributed by atoms with E-state index in [1.807, 2.05) is 48.5 Å². The van der Waals surface area contributed by atoms with E-state index in [-0.39, 0.29) is 0 Å². The second kappa shape index (κ2) is 15.8. The number of hydrogen-bond donors (Lipinski definition) is 0. The lowest BCUT2D eigenvalue weighted by Crippen LogP contribution is -2.02. The van der Waals surface area contributed by atoms with Gasteiger partial charge in [0.2, 0.25) is 0 Å². The predicted octanol–water partition coefficient (Wildman–Crippen LogP) is 16.0. The molecule has 0 amide bonds. The number of hydrogen-bond acceptors (Lipinski definition) is 2. The van der Waals surface area contributed by atoms with Gasteiger partial charge in [0.15, 0.2) is 0 Å². The molecular weight excluding hydrogens is 801 g/mol. The second-order valence-electron chi connectivity index (χ2n) is 16.8. The minimum Gasteiger partial charge on any atom is -0.309 e. The van der Waals surface area contributed by atoms with Crippen LogP contribution in [0, 0.1) is 22.7 Å². The van der Waals surface area contributed by atoms with Crippen LogP contribution in [0.3, 0.4) is 0 Å². The van der Waals surface area contributed by atoms with Gasteiger partial charge in [-0.2, -0.15) is 10.5 Å². The predicted molar refractivity (Wildman–Crippen MR) is 272 cm³/mol. The third-order valence-corrected chi connectivity index (χ3v) is 13.0. The average molecular weight is 839 g/mol. The van der Waals surface area contributed by atoms with Crippen molar-refractivity contribution in [3.05, 3.63) is 242 Å². The monoisotopic (exact) mass is 838 g/mol. The smallest absolute Gasteiger partial charge is 0.0991 e. The molecule has 0 saturated carbocycles. The number of aromatic nitrogens is 2. The fourth-order valence-electron chi connectivity index (χ4n) is 9.84. The first-order valence-corrected chi connectivity index (χ1v) is 22.1. The molecule has 0 bridgehead atoms. The van der Waals surface area contributed by atoms with Crippen LogP contribution in [0.15, 0.2) is 231 Å². The Morgan fingerprint density at radius 3 is 0.788 bits per heavy atom. The van der Waals surface area contributed by atoms with Crippen LogP contribution in [-0.2, 0) is 0 Å². The highest BCUT2D eigenvalue weighted by Crippen LogP contribution is 2.44. The minimum atomic E-state index is 0.530. The van der Waals surface area contributed by atoms with Crippen molar-refractivity contribution in [3.8, 4) is 79.1 Å². The van der Waals surface area contributed by atoms with E-state index in [1.165, 1.54) is 0 Å². The molecular formula is C62H38N4. The summed E-state index contributed by atoms with van der Waals surface area (Å²) in [7, 11) is 0. The SMILES string of the molecule is N#Cc1ccc(-n2c3ccc(-c4ccccc4)cc3c3cc(-c4ccccc4)ccc32)c(-c2cc(C#N)ccc2-n2c3ccc(-c4ccccc4)cc3c3cc(-c4ccccc4)ccc32)c1. The highest BCUT2D eigenvalue weighted by Gasteiger charge is 2.23. The van der Waals surface area contributed by atoms with Gasteiger partial charge < -0.3 is 9.13 Å². The Bertz CT molecular complexity index is 3470. The summed E-state index contributed by atoms with van der Waals surface area (Å²) in [6, 6.07) is 85.7. The summed E-state index contributed by atoms with van der Waals surface area (Å²) >= 11 is 0. The van der Waals surface area contributed by atoms with Crippen LogP contribution in [0.2, 0.25) is 0 Å². The molecule has 0 unspecified atom stereocenters. The van der Waals surface area contributed by atoms with Crippen molar-refractivity contribution in [2.24, 2.45) is 0 Å². The van der Waals surface area contributed by atoms with Gasteiger partial charge in [0.25, 0.3) is 0 Å². The van der Waals surface area contributed by atoms with E-state index in [1.54, 1.807) is 0 Å². The third kappa shape index (κ3) is 6.45. The Hall–Kier alpha value is -9.22. The van der Waals surface area contributed by atoms with Crippen molar-refractivity contribution in [2.75, 3.05) is 0 Å². The molecule has 2 heterocycles. The molecule has 306 valence electrons. The maximum absolute atomic E-state index is 10.5. The number of fused-ring (bicyclic) bond motifs is 6. The summed E-state index contributed by atoms with van der Waals surface area (Å²) < 4.78 is 4.66. The van der Waals surface area contributed by atoms with Crippen LogP contribution in [0.4, 0.5) is 0 Å². The standard InChI is InChI=1S/C62H38N4/c63-39-41-21-27-57(65-59-29-23-47(43-13-5-1-6-14-43)35-53(59)54-36-48(24-30-60(54)65)44-15-7-2-8-16-44)51(33-41)52-34-42(40-64)22-28-58(52)66-61-31-25-49(45-17-9-3-10-18-45)37-55(61)56-38-50(26-32-62(56)66)46-19-11-4-12-20-46/h1-38H. The molecule has 0 aliphatic heterocycles. The first-order valence-electron chi connectivity index (χ1n) is 22.1. The number of rotatable bonds is 7. The molecule has 2 aromatic heterocycles. The molecule has 0 fully saturated rings.